The van der Waals surface area contributed by atoms with Gasteiger partial charge in [0.05, 0.1) is 10.7 Å². The summed E-state index contributed by atoms with van der Waals surface area (Å²) in [6.07, 6.45) is 1.80. The van der Waals surface area contributed by atoms with Crippen molar-refractivity contribution in [2.75, 3.05) is 11.6 Å². The summed E-state index contributed by atoms with van der Waals surface area (Å²) in [6.45, 7) is 0. The van der Waals surface area contributed by atoms with Gasteiger partial charge in [-0.25, -0.2) is 4.79 Å². The van der Waals surface area contributed by atoms with E-state index in [1.165, 1.54) is 17.8 Å². The summed E-state index contributed by atoms with van der Waals surface area (Å²) in [7, 11) is 0. The first kappa shape index (κ1) is 13.6. The predicted molar refractivity (Wildman–Crippen MR) is 75.5 cm³/mol. The summed E-state index contributed by atoms with van der Waals surface area (Å²) in [5.74, 6) is -0.904. The zero-order valence-corrected chi connectivity index (χ0v) is 11.5. The number of aromatic nitrogens is 2. The molecule has 0 unspecified atom stereocenters. The smallest absolute Gasteiger partial charge is 0.339 e. The molecule has 0 saturated heterocycles. The van der Waals surface area contributed by atoms with Gasteiger partial charge in [-0.05, 0) is 24.5 Å². The third-order valence-corrected chi connectivity index (χ3v) is 3.29. The number of hydrogen-bond acceptors (Lipinski definition) is 5. The molecule has 0 amide bonds. The second kappa shape index (κ2) is 5.90. The summed E-state index contributed by atoms with van der Waals surface area (Å²) in [6, 6.07) is 8.48. The zero-order chi connectivity index (χ0) is 13.8. The van der Waals surface area contributed by atoms with Gasteiger partial charge in [0, 0.05) is 0 Å². The molecule has 0 fully saturated rings. The lowest BCUT2D eigenvalue weighted by Crippen LogP contribution is -2.07. The third kappa shape index (κ3) is 3.15. The first-order valence-corrected chi connectivity index (χ1v) is 6.88. The van der Waals surface area contributed by atoms with E-state index in [1.807, 2.05) is 0 Å². The first-order valence-electron chi connectivity index (χ1n) is 5.28. The van der Waals surface area contributed by atoms with Crippen molar-refractivity contribution in [3.8, 4) is 0 Å². The average Bonchev–Trinajstić information content (AvgIpc) is 2.41. The minimum atomic E-state index is -1.07. The van der Waals surface area contributed by atoms with Gasteiger partial charge < -0.3 is 10.4 Å². The van der Waals surface area contributed by atoms with Crippen LogP contribution in [-0.2, 0) is 0 Å². The molecule has 98 valence electrons. The lowest BCUT2D eigenvalue weighted by Gasteiger charge is -2.09. The van der Waals surface area contributed by atoms with Crippen LogP contribution in [-0.4, -0.2) is 27.5 Å². The highest BCUT2D eigenvalue weighted by atomic mass is 35.5. The summed E-state index contributed by atoms with van der Waals surface area (Å²) >= 11 is 7.33. The number of carbonyl (C=O) groups is 1. The van der Waals surface area contributed by atoms with Crippen molar-refractivity contribution in [1.82, 2.24) is 10.2 Å². The molecule has 7 heteroatoms. The number of rotatable bonds is 4. The van der Waals surface area contributed by atoms with E-state index < -0.39 is 5.97 Å². The van der Waals surface area contributed by atoms with E-state index in [2.05, 4.69) is 15.5 Å². The van der Waals surface area contributed by atoms with Gasteiger partial charge in [-0.2, -0.15) is 0 Å². The van der Waals surface area contributed by atoms with Gasteiger partial charge in [0.15, 0.2) is 5.82 Å². The number of aromatic carboxylic acids is 1. The monoisotopic (exact) mass is 295 g/mol. The van der Waals surface area contributed by atoms with Gasteiger partial charge in [-0.1, -0.05) is 23.7 Å². The fraction of sp³-hybridized carbons (Fsp3) is 0.0833. The van der Waals surface area contributed by atoms with Crippen molar-refractivity contribution in [2.24, 2.45) is 0 Å². The Morgan fingerprint density at radius 3 is 2.74 bits per heavy atom. The van der Waals surface area contributed by atoms with Crippen LogP contribution in [0.15, 0.2) is 35.4 Å². The molecule has 1 aromatic carbocycles. The van der Waals surface area contributed by atoms with Crippen molar-refractivity contribution >= 4 is 40.8 Å². The van der Waals surface area contributed by atoms with Crippen LogP contribution in [0.3, 0.4) is 0 Å². The second-order valence-electron chi connectivity index (χ2n) is 3.56. The SMILES string of the molecule is CSc1cc(C(=O)O)c(Nc2ccccc2Cl)nn1. The van der Waals surface area contributed by atoms with E-state index in [4.69, 9.17) is 11.6 Å². The molecule has 1 aromatic heterocycles. The fourth-order valence-electron chi connectivity index (χ4n) is 1.42. The molecule has 0 aliphatic heterocycles. The van der Waals surface area contributed by atoms with Crippen LogP contribution in [0, 0.1) is 0 Å². The van der Waals surface area contributed by atoms with Gasteiger partial charge in [0.2, 0.25) is 0 Å². The van der Waals surface area contributed by atoms with Gasteiger partial charge in [0.25, 0.3) is 0 Å². The van der Waals surface area contributed by atoms with E-state index in [1.54, 1.807) is 30.5 Å². The number of anilines is 2. The van der Waals surface area contributed by atoms with Gasteiger partial charge >= 0.3 is 5.97 Å². The molecule has 1 heterocycles. The molecule has 0 radical (unpaired) electrons. The maximum atomic E-state index is 11.2. The van der Waals surface area contributed by atoms with Crippen LogP contribution in [0.25, 0.3) is 0 Å². The summed E-state index contributed by atoms with van der Waals surface area (Å²) < 4.78 is 0. The molecule has 5 nitrogen and oxygen atoms in total. The molecule has 2 aromatic rings. The van der Waals surface area contributed by atoms with E-state index in [9.17, 15) is 9.90 Å². The Kier molecular flexibility index (Phi) is 4.24. The molecule has 0 aliphatic carbocycles. The topological polar surface area (TPSA) is 75.1 Å². The van der Waals surface area contributed by atoms with Crippen molar-refractivity contribution < 1.29 is 9.90 Å². The number of hydrogen-bond donors (Lipinski definition) is 2. The second-order valence-corrected chi connectivity index (χ2v) is 4.79. The van der Waals surface area contributed by atoms with Crippen molar-refractivity contribution in [1.29, 1.82) is 0 Å². The highest BCUT2D eigenvalue weighted by Crippen LogP contribution is 2.26. The quantitative estimate of drug-likeness (QED) is 0.843. The Morgan fingerprint density at radius 1 is 1.37 bits per heavy atom. The van der Waals surface area contributed by atoms with Gasteiger partial charge in [-0.15, -0.1) is 22.0 Å². The zero-order valence-electron chi connectivity index (χ0n) is 9.92. The standard InChI is InChI=1S/C12H10ClN3O2S/c1-19-10-6-7(12(17)18)11(16-15-10)14-9-5-3-2-4-8(9)13/h2-6H,1H3,(H,14,16)(H,17,18). The number of carboxylic acids is 1. The fourth-order valence-corrected chi connectivity index (χ4v) is 1.96. The lowest BCUT2D eigenvalue weighted by molar-refractivity contribution is 0.0697. The van der Waals surface area contributed by atoms with Gasteiger partial charge in [0.1, 0.15) is 10.6 Å². The molecule has 0 atom stereocenters. The molecule has 0 spiro atoms. The number of carboxylic acid groups (broad SMARTS) is 1. The van der Waals surface area contributed by atoms with E-state index in [0.29, 0.717) is 15.7 Å². The summed E-state index contributed by atoms with van der Waals surface area (Å²) in [4.78, 5) is 11.2. The molecule has 2 N–H and O–H groups in total. The minimum Gasteiger partial charge on any atom is -0.478 e. The van der Waals surface area contributed by atoms with Crippen LogP contribution in [0.5, 0.6) is 0 Å². The number of para-hydroxylation sites is 1. The van der Waals surface area contributed by atoms with E-state index in [0.717, 1.165) is 0 Å². The molecule has 0 saturated carbocycles. The maximum absolute atomic E-state index is 11.2. The Hall–Kier alpha value is -1.79. The molecular weight excluding hydrogens is 286 g/mol. The van der Waals surface area contributed by atoms with Crippen molar-refractivity contribution in [3.05, 3.63) is 40.9 Å². The van der Waals surface area contributed by atoms with Gasteiger partial charge in [-0.3, -0.25) is 0 Å². The molecule has 19 heavy (non-hydrogen) atoms. The van der Waals surface area contributed by atoms with Crippen molar-refractivity contribution in [3.63, 3.8) is 0 Å². The highest BCUT2D eigenvalue weighted by molar-refractivity contribution is 7.98. The summed E-state index contributed by atoms with van der Waals surface area (Å²) in [5.41, 5.74) is 0.636. The third-order valence-electron chi connectivity index (χ3n) is 2.34. The van der Waals surface area contributed by atoms with Crippen LogP contribution in [0.4, 0.5) is 11.5 Å². The molecular formula is C12H10ClN3O2S. The number of halogens is 1. The average molecular weight is 296 g/mol. The number of nitrogens with one attached hydrogen (secondary N) is 1. The Labute approximate surface area is 119 Å². The number of thioether (sulfide) groups is 1. The predicted octanol–water partition coefficient (Wildman–Crippen LogP) is 3.29. The van der Waals surface area contributed by atoms with Crippen molar-refractivity contribution in [2.45, 2.75) is 5.03 Å². The van der Waals surface area contributed by atoms with Crippen LogP contribution >= 0.6 is 23.4 Å². The Balaban J connectivity index is 2.40. The lowest BCUT2D eigenvalue weighted by atomic mass is 10.2. The Morgan fingerprint density at radius 2 is 2.11 bits per heavy atom. The minimum absolute atomic E-state index is 0.0549. The number of nitrogens with zero attached hydrogens (tertiary/aromatic N) is 2. The first-order chi connectivity index (χ1) is 9.11. The summed E-state index contributed by atoms with van der Waals surface area (Å²) in [5, 5.41) is 20.9. The highest BCUT2D eigenvalue weighted by Gasteiger charge is 2.14. The Bertz CT molecular complexity index is 622. The normalized spacial score (nSPS) is 10.2. The van der Waals surface area contributed by atoms with Crippen LogP contribution in [0.2, 0.25) is 5.02 Å². The van der Waals surface area contributed by atoms with E-state index >= 15 is 0 Å². The van der Waals surface area contributed by atoms with Crippen LogP contribution < -0.4 is 5.32 Å². The molecule has 2 rings (SSSR count). The van der Waals surface area contributed by atoms with Crippen LogP contribution in [0.1, 0.15) is 10.4 Å². The maximum Gasteiger partial charge on any atom is 0.339 e. The molecule has 0 aliphatic rings. The largest absolute Gasteiger partial charge is 0.478 e. The number of benzene rings is 1. The van der Waals surface area contributed by atoms with E-state index in [-0.39, 0.29) is 11.4 Å². The molecule has 0 bridgehead atoms.